The molecular weight excluding hydrogens is 342 g/mol. The minimum absolute atomic E-state index is 0.0760. The topological polar surface area (TPSA) is 86.5 Å². The number of aromatic nitrogens is 2. The van der Waals surface area contributed by atoms with E-state index in [4.69, 9.17) is 13.9 Å². The molecule has 0 atom stereocenters. The predicted octanol–water partition coefficient (Wildman–Crippen LogP) is 2.78. The SMILES string of the molecule is O=C(CCc1nnc(-c2ccsc2)o1)NCc1ccc2c(c1)OCO2. The first-order valence-electron chi connectivity index (χ1n) is 7.78. The van der Waals surface area contributed by atoms with Crippen molar-refractivity contribution in [2.24, 2.45) is 0 Å². The van der Waals surface area contributed by atoms with Crippen molar-refractivity contribution >= 4 is 17.2 Å². The smallest absolute Gasteiger partial charge is 0.248 e. The molecule has 0 unspecified atom stereocenters. The van der Waals surface area contributed by atoms with Crippen LogP contribution in [0, 0.1) is 0 Å². The second-order valence-electron chi connectivity index (χ2n) is 5.48. The lowest BCUT2D eigenvalue weighted by molar-refractivity contribution is -0.121. The molecular formula is C17H15N3O4S. The first-order chi connectivity index (χ1) is 12.3. The molecule has 4 rings (SSSR count). The van der Waals surface area contributed by atoms with Crippen molar-refractivity contribution < 1.29 is 18.7 Å². The van der Waals surface area contributed by atoms with Gasteiger partial charge in [-0.1, -0.05) is 6.07 Å². The Morgan fingerprint density at radius 2 is 2.12 bits per heavy atom. The highest BCUT2D eigenvalue weighted by Gasteiger charge is 2.14. The fourth-order valence-corrected chi connectivity index (χ4v) is 3.05. The number of benzene rings is 1. The van der Waals surface area contributed by atoms with E-state index in [1.807, 2.05) is 35.0 Å². The number of rotatable bonds is 6. The number of hydrogen-bond acceptors (Lipinski definition) is 7. The number of carbonyl (C=O) groups is 1. The Balaban J connectivity index is 1.27. The molecule has 0 radical (unpaired) electrons. The van der Waals surface area contributed by atoms with E-state index < -0.39 is 0 Å². The Morgan fingerprint density at radius 1 is 1.20 bits per heavy atom. The van der Waals surface area contributed by atoms with Gasteiger partial charge in [0.25, 0.3) is 0 Å². The number of aryl methyl sites for hydroxylation is 1. The summed E-state index contributed by atoms with van der Waals surface area (Å²) in [5.74, 6) is 2.30. The molecule has 1 aliphatic heterocycles. The highest BCUT2D eigenvalue weighted by molar-refractivity contribution is 7.08. The number of amides is 1. The summed E-state index contributed by atoms with van der Waals surface area (Å²) in [6, 6.07) is 7.53. The van der Waals surface area contributed by atoms with Crippen LogP contribution >= 0.6 is 11.3 Å². The van der Waals surface area contributed by atoms with Crippen LogP contribution in [0.15, 0.2) is 39.4 Å². The van der Waals surface area contributed by atoms with E-state index >= 15 is 0 Å². The summed E-state index contributed by atoms with van der Waals surface area (Å²) in [5, 5.41) is 14.7. The maximum atomic E-state index is 12.0. The lowest BCUT2D eigenvalue weighted by Crippen LogP contribution is -2.23. The van der Waals surface area contributed by atoms with Gasteiger partial charge in [0, 0.05) is 30.3 Å². The van der Waals surface area contributed by atoms with Crippen molar-refractivity contribution in [3.63, 3.8) is 0 Å². The van der Waals surface area contributed by atoms with Gasteiger partial charge in [0.1, 0.15) is 0 Å². The van der Waals surface area contributed by atoms with Crippen molar-refractivity contribution in [2.75, 3.05) is 6.79 Å². The van der Waals surface area contributed by atoms with Crippen molar-refractivity contribution in [3.05, 3.63) is 46.5 Å². The average molecular weight is 357 g/mol. The summed E-state index contributed by atoms with van der Waals surface area (Å²) in [6.07, 6.45) is 0.694. The van der Waals surface area contributed by atoms with Crippen LogP contribution in [0.1, 0.15) is 17.9 Å². The fraction of sp³-hybridized carbons (Fsp3) is 0.235. The summed E-state index contributed by atoms with van der Waals surface area (Å²) >= 11 is 1.57. The largest absolute Gasteiger partial charge is 0.454 e. The van der Waals surface area contributed by atoms with Gasteiger partial charge < -0.3 is 19.2 Å². The normalized spacial score (nSPS) is 12.3. The molecule has 1 aromatic carbocycles. The van der Waals surface area contributed by atoms with Crippen LogP contribution in [-0.2, 0) is 17.8 Å². The van der Waals surface area contributed by atoms with E-state index in [0.29, 0.717) is 30.5 Å². The molecule has 1 amide bonds. The summed E-state index contributed by atoms with van der Waals surface area (Å²) in [5.41, 5.74) is 1.85. The number of nitrogens with one attached hydrogen (secondary N) is 1. The molecule has 128 valence electrons. The van der Waals surface area contributed by atoms with Gasteiger partial charge in [0.2, 0.25) is 24.5 Å². The Labute approximate surface area is 147 Å². The summed E-state index contributed by atoms with van der Waals surface area (Å²) < 4.78 is 16.2. The molecule has 1 aliphatic rings. The fourth-order valence-electron chi connectivity index (χ4n) is 2.42. The highest BCUT2D eigenvalue weighted by Crippen LogP contribution is 2.32. The third-order valence-corrected chi connectivity index (χ3v) is 4.41. The molecule has 8 heteroatoms. The number of ether oxygens (including phenoxy) is 2. The molecule has 0 spiro atoms. The lowest BCUT2D eigenvalue weighted by Gasteiger charge is -2.05. The van der Waals surface area contributed by atoms with Crippen molar-refractivity contribution in [2.45, 2.75) is 19.4 Å². The van der Waals surface area contributed by atoms with Gasteiger partial charge >= 0.3 is 0 Å². The van der Waals surface area contributed by atoms with Gasteiger partial charge in [-0.2, -0.15) is 11.3 Å². The Bertz CT molecular complexity index is 876. The Morgan fingerprint density at radius 3 is 3.00 bits per heavy atom. The van der Waals surface area contributed by atoms with E-state index in [9.17, 15) is 4.79 Å². The molecule has 25 heavy (non-hydrogen) atoms. The summed E-state index contributed by atoms with van der Waals surface area (Å²) in [7, 11) is 0. The minimum Gasteiger partial charge on any atom is -0.454 e. The van der Waals surface area contributed by atoms with Gasteiger partial charge in [-0.15, -0.1) is 10.2 Å². The molecule has 0 fully saturated rings. The second-order valence-corrected chi connectivity index (χ2v) is 6.26. The first-order valence-corrected chi connectivity index (χ1v) is 8.72. The third kappa shape index (κ3) is 3.63. The van der Waals surface area contributed by atoms with E-state index in [0.717, 1.165) is 16.9 Å². The summed E-state index contributed by atoms with van der Waals surface area (Å²) in [6.45, 7) is 0.669. The van der Waals surface area contributed by atoms with E-state index in [1.54, 1.807) is 11.3 Å². The quantitative estimate of drug-likeness (QED) is 0.730. The van der Waals surface area contributed by atoms with Crippen molar-refractivity contribution in [1.82, 2.24) is 15.5 Å². The van der Waals surface area contributed by atoms with Gasteiger partial charge in [-0.25, -0.2) is 0 Å². The maximum absolute atomic E-state index is 12.0. The number of nitrogens with zero attached hydrogens (tertiary/aromatic N) is 2. The lowest BCUT2D eigenvalue weighted by atomic mass is 10.2. The number of hydrogen-bond donors (Lipinski definition) is 1. The van der Waals surface area contributed by atoms with Gasteiger partial charge in [0.05, 0.1) is 0 Å². The van der Waals surface area contributed by atoms with Gasteiger partial charge in [-0.3, -0.25) is 4.79 Å². The van der Waals surface area contributed by atoms with Crippen LogP contribution in [0.3, 0.4) is 0 Å². The molecule has 0 saturated carbocycles. The second kappa shape index (κ2) is 6.94. The maximum Gasteiger partial charge on any atom is 0.248 e. The molecule has 2 aromatic heterocycles. The molecule has 7 nitrogen and oxygen atoms in total. The van der Waals surface area contributed by atoms with Crippen molar-refractivity contribution in [3.8, 4) is 23.0 Å². The molecule has 0 aliphatic carbocycles. The van der Waals surface area contributed by atoms with E-state index in [1.165, 1.54) is 0 Å². The van der Waals surface area contributed by atoms with Crippen LogP contribution in [0.4, 0.5) is 0 Å². The minimum atomic E-state index is -0.0760. The van der Waals surface area contributed by atoms with Crippen LogP contribution in [0.5, 0.6) is 11.5 Å². The van der Waals surface area contributed by atoms with Gasteiger partial charge in [-0.05, 0) is 29.1 Å². The Hall–Kier alpha value is -2.87. The zero-order chi connectivity index (χ0) is 17.1. The number of thiophene rings is 1. The molecule has 3 aromatic rings. The zero-order valence-electron chi connectivity index (χ0n) is 13.2. The number of fused-ring (bicyclic) bond motifs is 1. The molecule has 3 heterocycles. The molecule has 0 bridgehead atoms. The van der Waals surface area contributed by atoms with Crippen LogP contribution in [0.25, 0.3) is 11.5 Å². The van der Waals surface area contributed by atoms with Crippen LogP contribution in [0.2, 0.25) is 0 Å². The monoisotopic (exact) mass is 357 g/mol. The predicted molar refractivity (Wildman–Crippen MR) is 90.3 cm³/mol. The standard InChI is InChI=1S/C17H15N3O4S/c21-15(18-8-11-1-2-13-14(7-11)23-10-22-13)3-4-16-19-20-17(24-16)12-5-6-25-9-12/h1-2,5-7,9H,3-4,8,10H2,(H,18,21). The van der Waals surface area contributed by atoms with Gasteiger partial charge in [0.15, 0.2) is 11.5 Å². The third-order valence-electron chi connectivity index (χ3n) is 3.73. The average Bonchev–Trinajstić information content (AvgIpc) is 3.38. The van der Waals surface area contributed by atoms with E-state index in [-0.39, 0.29) is 19.1 Å². The Kier molecular flexibility index (Phi) is 4.34. The molecule has 0 saturated heterocycles. The van der Waals surface area contributed by atoms with Crippen LogP contribution in [-0.4, -0.2) is 22.9 Å². The van der Waals surface area contributed by atoms with Crippen LogP contribution < -0.4 is 14.8 Å². The number of carbonyl (C=O) groups excluding carboxylic acids is 1. The zero-order valence-corrected chi connectivity index (χ0v) is 14.0. The molecule has 1 N–H and O–H groups in total. The first kappa shape index (κ1) is 15.6. The van der Waals surface area contributed by atoms with Crippen molar-refractivity contribution in [1.29, 1.82) is 0 Å². The summed E-state index contributed by atoms with van der Waals surface area (Å²) in [4.78, 5) is 12.0. The highest BCUT2D eigenvalue weighted by atomic mass is 32.1. The van der Waals surface area contributed by atoms with E-state index in [2.05, 4.69) is 15.5 Å².